The van der Waals surface area contributed by atoms with Crippen molar-refractivity contribution < 1.29 is 14.6 Å². The van der Waals surface area contributed by atoms with Crippen LogP contribution in [0.4, 0.5) is 0 Å². The second-order valence-corrected chi connectivity index (χ2v) is 7.62. The van der Waals surface area contributed by atoms with Crippen molar-refractivity contribution in [3.8, 4) is 5.75 Å². The number of nitrogens with zero attached hydrogens (tertiary/aromatic N) is 1. The second-order valence-electron chi connectivity index (χ2n) is 7.18. The number of benzene rings is 3. The van der Waals surface area contributed by atoms with Crippen molar-refractivity contribution in [1.29, 1.82) is 0 Å². The Balaban J connectivity index is 1.67. The SMILES string of the molecule is COc1c(C(=O)N[C@H](CO)c2ccccc2)ccc2n[nH]c(/C=C/c3ccc(Cl)cc3)c12. The first kappa shape index (κ1) is 21.6. The average molecular weight is 448 g/mol. The Morgan fingerprint density at radius 3 is 2.56 bits per heavy atom. The van der Waals surface area contributed by atoms with E-state index in [-0.39, 0.29) is 12.5 Å². The summed E-state index contributed by atoms with van der Waals surface area (Å²) in [6.07, 6.45) is 3.80. The normalized spacial score (nSPS) is 12.2. The molecule has 3 N–H and O–H groups in total. The number of amides is 1. The molecule has 1 atom stereocenters. The van der Waals surface area contributed by atoms with Gasteiger partial charge in [-0.05, 0) is 41.5 Å². The number of nitrogens with one attached hydrogen (secondary N) is 2. The molecule has 0 radical (unpaired) electrons. The molecular weight excluding hydrogens is 426 g/mol. The number of aromatic nitrogens is 2. The number of carbonyl (C=O) groups is 1. The Labute approximate surface area is 190 Å². The Morgan fingerprint density at radius 2 is 1.88 bits per heavy atom. The maximum absolute atomic E-state index is 13.1. The van der Waals surface area contributed by atoms with Gasteiger partial charge in [-0.25, -0.2) is 0 Å². The highest BCUT2D eigenvalue weighted by Crippen LogP contribution is 2.32. The topological polar surface area (TPSA) is 87.2 Å². The van der Waals surface area contributed by atoms with E-state index in [9.17, 15) is 9.90 Å². The van der Waals surface area contributed by atoms with Crippen molar-refractivity contribution in [2.75, 3.05) is 13.7 Å². The zero-order valence-electron chi connectivity index (χ0n) is 17.4. The second kappa shape index (κ2) is 9.68. The van der Waals surface area contributed by atoms with Crippen molar-refractivity contribution in [1.82, 2.24) is 15.5 Å². The molecule has 0 unspecified atom stereocenters. The smallest absolute Gasteiger partial charge is 0.255 e. The number of fused-ring (bicyclic) bond motifs is 1. The van der Waals surface area contributed by atoms with E-state index in [0.717, 1.165) is 11.1 Å². The molecule has 7 heteroatoms. The molecule has 0 saturated heterocycles. The van der Waals surface area contributed by atoms with Crippen molar-refractivity contribution in [3.05, 3.63) is 94.1 Å². The summed E-state index contributed by atoms with van der Waals surface area (Å²) in [6, 6.07) is 19.7. The third-order valence-corrected chi connectivity index (χ3v) is 5.40. The molecule has 1 amide bonds. The maximum Gasteiger partial charge on any atom is 0.255 e. The van der Waals surface area contributed by atoms with E-state index in [1.807, 2.05) is 66.7 Å². The number of H-pyrrole nitrogens is 1. The molecule has 0 bridgehead atoms. The minimum absolute atomic E-state index is 0.221. The number of halogens is 1. The largest absolute Gasteiger partial charge is 0.495 e. The number of ether oxygens (including phenoxy) is 1. The van der Waals surface area contributed by atoms with E-state index in [1.165, 1.54) is 7.11 Å². The van der Waals surface area contributed by atoms with Gasteiger partial charge >= 0.3 is 0 Å². The summed E-state index contributed by atoms with van der Waals surface area (Å²) in [7, 11) is 1.52. The van der Waals surface area contributed by atoms with Crippen molar-refractivity contribution >= 4 is 40.6 Å². The van der Waals surface area contributed by atoms with Crippen LogP contribution >= 0.6 is 11.6 Å². The predicted molar refractivity (Wildman–Crippen MR) is 127 cm³/mol. The van der Waals surface area contributed by atoms with Gasteiger partial charge < -0.3 is 15.2 Å². The summed E-state index contributed by atoms with van der Waals surface area (Å²) < 4.78 is 5.63. The minimum Gasteiger partial charge on any atom is -0.495 e. The molecule has 0 aliphatic heterocycles. The number of methoxy groups -OCH3 is 1. The van der Waals surface area contributed by atoms with Gasteiger partial charge in [0.2, 0.25) is 0 Å². The van der Waals surface area contributed by atoms with Crippen LogP contribution in [0.15, 0.2) is 66.7 Å². The molecule has 3 aromatic carbocycles. The summed E-state index contributed by atoms with van der Waals surface area (Å²) in [5.41, 5.74) is 3.54. The van der Waals surface area contributed by atoms with E-state index >= 15 is 0 Å². The monoisotopic (exact) mass is 447 g/mol. The fraction of sp³-hybridized carbons (Fsp3) is 0.120. The number of aliphatic hydroxyl groups is 1. The van der Waals surface area contributed by atoms with Gasteiger partial charge in [0.1, 0.15) is 5.75 Å². The summed E-state index contributed by atoms with van der Waals surface area (Å²) in [5, 5.41) is 21.4. The van der Waals surface area contributed by atoms with E-state index < -0.39 is 6.04 Å². The Kier molecular flexibility index (Phi) is 6.54. The lowest BCUT2D eigenvalue weighted by atomic mass is 10.0. The fourth-order valence-electron chi connectivity index (χ4n) is 3.52. The van der Waals surface area contributed by atoms with Crippen LogP contribution in [0, 0.1) is 0 Å². The van der Waals surface area contributed by atoms with Crippen molar-refractivity contribution in [3.63, 3.8) is 0 Å². The van der Waals surface area contributed by atoms with Gasteiger partial charge in [0.25, 0.3) is 5.91 Å². The molecule has 0 aliphatic carbocycles. The van der Waals surface area contributed by atoms with Crippen molar-refractivity contribution in [2.45, 2.75) is 6.04 Å². The quantitative estimate of drug-likeness (QED) is 0.377. The maximum atomic E-state index is 13.1. The van der Waals surface area contributed by atoms with Crippen LogP contribution < -0.4 is 10.1 Å². The van der Waals surface area contributed by atoms with Crippen molar-refractivity contribution in [2.24, 2.45) is 0 Å². The lowest BCUT2D eigenvalue weighted by molar-refractivity contribution is 0.0913. The molecule has 0 fully saturated rings. The summed E-state index contributed by atoms with van der Waals surface area (Å²) in [5.74, 6) is 0.0646. The van der Waals surface area contributed by atoms with Crippen LogP contribution in [0.1, 0.15) is 33.2 Å². The van der Waals surface area contributed by atoms with Gasteiger partial charge in [-0.1, -0.05) is 60.1 Å². The average Bonchev–Trinajstić information content (AvgIpc) is 3.25. The first-order valence-electron chi connectivity index (χ1n) is 10.1. The predicted octanol–water partition coefficient (Wildman–Crippen LogP) is 4.86. The van der Waals surface area contributed by atoms with Crippen LogP contribution in [-0.2, 0) is 0 Å². The minimum atomic E-state index is -0.530. The van der Waals surface area contributed by atoms with Crippen LogP contribution in [-0.4, -0.2) is 34.9 Å². The molecule has 4 aromatic rings. The van der Waals surface area contributed by atoms with E-state index in [4.69, 9.17) is 16.3 Å². The molecular formula is C25H22ClN3O3. The summed E-state index contributed by atoms with van der Waals surface area (Å²) in [4.78, 5) is 13.1. The summed E-state index contributed by atoms with van der Waals surface area (Å²) in [6.45, 7) is -0.221. The summed E-state index contributed by atoms with van der Waals surface area (Å²) >= 11 is 5.95. The fourth-order valence-corrected chi connectivity index (χ4v) is 3.65. The molecule has 1 heterocycles. The highest BCUT2D eigenvalue weighted by Gasteiger charge is 2.21. The van der Waals surface area contributed by atoms with Crippen LogP contribution in [0.2, 0.25) is 5.02 Å². The van der Waals surface area contributed by atoms with Crippen LogP contribution in [0.3, 0.4) is 0 Å². The third-order valence-electron chi connectivity index (χ3n) is 5.15. The standard InChI is InChI=1S/C25H22ClN3O3/c1-32-24-19(25(31)27-22(15-30)17-5-3-2-4-6-17)12-14-21-23(24)20(28-29-21)13-9-16-7-10-18(26)11-8-16/h2-14,22,30H,15H2,1H3,(H,27,31)(H,28,29)/b13-9+/t22-/m1/s1. The number of rotatable bonds is 7. The number of hydrogen-bond donors (Lipinski definition) is 3. The van der Waals surface area contributed by atoms with E-state index in [2.05, 4.69) is 15.5 Å². The first-order chi connectivity index (χ1) is 15.6. The first-order valence-corrected chi connectivity index (χ1v) is 10.4. The molecule has 162 valence electrons. The lowest BCUT2D eigenvalue weighted by Gasteiger charge is -2.18. The Bertz CT molecular complexity index is 1250. The number of aliphatic hydroxyl groups excluding tert-OH is 1. The van der Waals surface area contributed by atoms with Gasteiger partial charge in [-0.3, -0.25) is 9.89 Å². The molecule has 4 rings (SSSR count). The molecule has 6 nitrogen and oxygen atoms in total. The molecule has 0 aliphatic rings. The van der Waals surface area contributed by atoms with Gasteiger partial charge in [-0.2, -0.15) is 5.10 Å². The number of aromatic amines is 1. The lowest BCUT2D eigenvalue weighted by Crippen LogP contribution is -2.31. The highest BCUT2D eigenvalue weighted by atomic mass is 35.5. The zero-order valence-corrected chi connectivity index (χ0v) is 18.1. The molecule has 0 spiro atoms. The van der Waals surface area contributed by atoms with Crippen LogP contribution in [0.25, 0.3) is 23.1 Å². The molecule has 32 heavy (non-hydrogen) atoms. The van der Waals surface area contributed by atoms with E-state index in [1.54, 1.807) is 12.1 Å². The Hall–Kier alpha value is -3.61. The van der Waals surface area contributed by atoms with E-state index in [0.29, 0.717) is 32.9 Å². The van der Waals surface area contributed by atoms with Gasteiger partial charge in [0, 0.05) is 5.02 Å². The highest BCUT2D eigenvalue weighted by molar-refractivity contribution is 6.30. The van der Waals surface area contributed by atoms with Gasteiger partial charge in [0.05, 0.1) is 41.9 Å². The third kappa shape index (κ3) is 4.51. The van der Waals surface area contributed by atoms with Gasteiger partial charge in [0.15, 0.2) is 0 Å². The molecule has 0 saturated carbocycles. The van der Waals surface area contributed by atoms with Gasteiger partial charge in [-0.15, -0.1) is 0 Å². The number of hydrogen-bond acceptors (Lipinski definition) is 4. The Morgan fingerprint density at radius 1 is 1.12 bits per heavy atom. The van der Waals surface area contributed by atoms with Crippen LogP contribution in [0.5, 0.6) is 5.75 Å². The number of carbonyl (C=O) groups excluding carboxylic acids is 1. The molecule has 1 aromatic heterocycles. The zero-order chi connectivity index (χ0) is 22.5.